The molecule has 116 valence electrons. The normalized spacial score (nSPS) is 16.3. The molecule has 1 aliphatic heterocycles. The highest BCUT2D eigenvalue weighted by Crippen LogP contribution is 2.16. The average molecular weight is 292 g/mol. The predicted octanol–water partition coefficient (Wildman–Crippen LogP) is 2.27. The van der Waals surface area contributed by atoms with Crippen LogP contribution in [0.2, 0.25) is 0 Å². The Labute approximate surface area is 125 Å². The first-order valence-electron chi connectivity index (χ1n) is 7.55. The second-order valence-electron chi connectivity index (χ2n) is 6.05. The van der Waals surface area contributed by atoms with E-state index in [0.717, 1.165) is 18.6 Å². The Morgan fingerprint density at radius 3 is 2.38 bits per heavy atom. The zero-order chi connectivity index (χ0) is 15.6. The van der Waals surface area contributed by atoms with Crippen LogP contribution in [0.5, 0.6) is 0 Å². The topological polar surface area (TPSA) is 62.6 Å². The van der Waals surface area contributed by atoms with Gasteiger partial charge < -0.3 is 14.6 Å². The summed E-state index contributed by atoms with van der Waals surface area (Å²) in [7, 11) is 0. The van der Waals surface area contributed by atoms with Crippen molar-refractivity contribution in [2.24, 2.45) is 5.92 Å². The first-order chi connectivity index (χ1) is 9.88. The van der Waals surface area contributed by atoms with Crippen LogP contribution < -0.4 is 5.32 Å². The molecule has 0 radical (unpaired) electrons. The number of rotatable bonds is 3. The van der Waals surface area contributed by atoms with Gasteiger partial charge in [0.1, 0.15) is 11.5 Å². The highest BCUT2D eigenvalue weighted by molar-refractivity contribution is 5.95. The van der Waals surface area contributed by atoms with Crippen LogP contribution in [-0.2, 0) is 4.79 Å². The van der Waals surface area contributed by atoms with Gasteiger partial charge in [-0.3, -0.25) is 9.59 Å². The number of piperidine rings is 1. The van der Waals surface area contributed by atoms with Crippen LogP contribution in [0, 0.1) is 19.8 Å². The van der Waals surface area contributed by atoms with E-state index < -0.39 is 0 Å². The molecule has 5 heteroatoms. The van der Waals surface area contributed by atoms with Crippen LogP contribution >= 0.6 is 0 Å². The summed E-state index contributed by atoms with van der Waals surface area (Å²) in [6, 6.07) is 1.89. The number of likely N-dealkylation sites (tertiary alicyclic amines) is 1. The van der Waals surface area contributed by atoms with Crippen LogP contribution in [0.1, 0.15) is 48.6 Å². The van der Waals surface area contributed by atoms with Gasteiger partial charge in [0.2, 0.25) is 5.91 Å². The van der Waals surface area contributed by atoms with E-state index in [9.17, 15) is 9.59 Å². The molecule has 0 saturated carbocycles. The molecule has 1 aromatic rings. The molecule has 0 unspecified atom stereocenters. The maximum Gasteiger partial charge on any atom is 0.255 e. The third kappa shape index (κ3) is 3.65. The van der Waals surface area contributed by atoms with E-state index in [1.807, 2.05) is 25.7 Å². The molecular weight excluding hydrogens is 268 g/mol. The van der Waals surface area contributed by atoms with Gasteiger partial charge in [0.05, 0.1) is 5.56 Å². The second kappa shape index (κ2) is 6.33. The number of amides is 2. The molecule has 0 spiro atoms. The van der Waals surface area contributed by atoms with E-state index in [0.29, 0.717) is 24.4 Å². The SMILES string of the molecule is Cc1cc(C(=O)NC2CCN(C(=O)C(C)C)CC2)c(C)o1. The summed E-state index contributed by atoms with van der Waals surface area (Å²) < 4.78 is 5.39. The largest absolute Gasteiger partial charge is 0.466 e. The fourth-order valence-electron chi connectivity index (χ4n) is 2.73. The van der Waals surface area contributed by atoms with Crippen molar-refractivity contribution in [1.29, 1.82) is 0 Å². The third-order valence-electron chi connectivity index (χ3n) is 3.92. The fourth-order valence-corrected chi connectivity index (χ4v) is 2.73. The van der Waals surface area contributed by atoms with Gasteiger partial charge >= 0.3 is 0 Å². The number of hydrogen-bond acceptors (Lipinski definition) is 3. The molecule has 0 atom stereocenters. The number of nitrogens with zero attached hydrogens (tertiary/aromatic N) is 1. The number of nitrogens with one attached hydrogen (secondary N) is 1. The summed E-state index contributed by atoms with van der Waals surface area (Å²) in [4.78, 5) is 26.0. The van der Waals surface area contributed by atoms with Crippen molar-refractivity contribution >= 4 is 11.8 Å². The Morgan fingerprint density at radius 1 is 1.29 bits per heavy atom. The van der Waals surface area contributed by atoms with Crippen LogP contribution in [0.4, 0.5) is 0 Å². The predicted molar refractivity (Wildman–Crippen MR) is 80.1 cm³/mol. The Balaban J connectivity index is 1.88. The van der Waals surface area contributed by atoms with Crippen LogP contribution in [0.25, 0.3) is 0 Å². The summed E-state index contributed by atoms with van der Waals surface area (Å²) in [5.74, 6) is 1.54. The summed E-state index contributed by atoms with van der Waals surface area (Å²) in [5.41, 5.74) is 0.605. The zero-order valence-corrected chi connectivity index (χ0v) is 13.2. The quantitative estimate of drug-likeness (QED) is 0.929. The van der Waals surface area contributed by atoms with Crippen molar-refractivity contribution in [2.45, 2.75) is 46.6 Å². The molecule has 1 N–H and O–H groups in total. The van der Waals surface area contributed by atoms with E-state index >= 15 is 0 Å². The van der Waals surface area contributed by atoms with Crippen molar-refractivity contribution in [3.8, 4) is 0 Å². The second-order valence-corrected chi connectivity index (χ2v) is 6.05. The molecule has 1 fully saturated rings. The highest BCUT2D eigenvalue weighted by Gasteiger charge is 2.26. The van der Waals surface area contributed by atoms with Gasteiger partial charge in [-0.25, -0.2) is 0 Å². The van der Waals surface area contributed by atoms with Gasteiger partial charge in [-0.2, -0.15) is 0 Å². The molecule has 2 amide bonds. The van der Waals surface area contributed by atoms with Crippen molar-refractivity contribution < 1.29 is 14.0 Å². The summed E-state index contributed by atoms with van der Waals surface area (Å²) in [6.07, 6.45) is 1.61. The van der Waals surface area contributed by atoms with E-state index in [4.69, 9.17) is 4.42 Å². The van der Waals surface area contributed by atoms with Crippen molar-refractivity contribution in [3.05, 3.63) is 23.2 Å². The minimum atomic E-state index is -0.0852. The molecule has 0 aromatic carbocycles. The molecule has 2 rings (SSSR count). The highest BCUT2D eigenvalue weighted by atomic mass is 16.3. The van der Waals surface area contributed by atoms with Gasteiger partial charge in [0, 0.05) is 25.0 Å². The van der Waals surface area contributed by atoms with E-state index in [-0.39, 0.29) is 23.8 Å². The Morgan fingerprint density at radius 2 is 1.90 bits per heavy atom. The molecule has 1 aromatic heterocycles. The van der Waals surface area contributed by atoms with E-state index in [2.05, 4.69) is 5.32 Å². The smallest absolute Gasteiger partial charge is 0.255 e. The molecule has 2 heterocycles. The maximum atomic E-state index is 12.2. The van der Waals surface area contributed by atoms with Crippen molar-refractivity contribution in [1.82, 2.24) is 10.2 Å². The summed E-state index contributed by atoms with van der Waals surface area (Å²) >= 11 is 0. The molecule has 1 aliphatic rings. The number of carbonyl (C=O) groups excluding carboxylic acids is 2. The standard InChI is InChI=1S/C16H24N2O3/c1-10(2)16(20)18-7-5-13(6-8-18)17-15(19)14-9-11(3)21-12(14)4/h9-10,13H,5-8H2,1-4H3,(H,17,19). The zero-order valence-electron chi connectivity index (χ0n) is 13.2. The van der Waals surface area contributed by atoms with Crippen LogP contribution in [0.15, 0.2) is 10.5 Å². The fraction of sp³-hybridized carbons (Fsp3) is 0.625. The molecular formula is C16H24N2O3. The van der Waals surface area contributed by atoms with Gasteiger partial charge in [0.15, 0.2) is 0 Å². The molecule has 5 nitrogen and oxygen atoms in total. The molecule has 0 bridgehead atoms. The lowest BCUT2D eigenvalue weighted by atomic mass is 10.0. The van der Waals surface area contributed by atoms with Crippen molar-refractivity contribution in [2.75, 3.05) is 13.1 Å². The lowest BCUT2D eigenvalue weighted by Crippen LogP contribution is -2.47. The van der Waals surface area contributed by atoms with Gasteiger partial charge in [0.25, 0.3) is 5.91 Å². The lowest BCUT2D eigenvalue weighted by molar-refractivity contribution is -0.135. The third-order valence-corrected chi connectivity index (χ3v) is 3.92. The van der Waals surface area contributed by atoms with E-state index in [1.54, 1.807) is 13.0 Å². The lowest BCUT2D eigenvalue weighted by Gasteiger charge is -2.33. The van der Waals surface area contributed by atoms with Gasteiger partial charge in [-0.05, 0) is 32.8 Å². The van der Waals surface area contributed by atoms with Gasteiger partial charge in [-0.15, -0.1) is 0 Å². The summed E-state index contributed by atoms with van der Waals surface area (Å²) in [6.45, 7) is 8.89. The summed E-state index contributed by atoms with van der Waals surface area (Å²) in [5, 5.41) is 3.04. The first kappa shape index (κ1) is 15.6. The van der Waals surface area contributed by atoms with E-state index in [1.165, 1.54) is 0 Å². The minimum Gasteiger partial charge on any atom is -0.466 e. The van der Waals surface area contributed by atoms with Gasteiger partial charge in [-0.1, -0.05) is 13.8 Å². The molecule has 1 saturated heterocycles. The maximum absolute atomic E-state index is 12.2. The molecule has 21 heavy (non-hydrogen) atoms. The van der Waals surface area contributed by atoms with Crippen LogP contribution in [0.3, 0.4) is 0 Å². The Kier molecular flexibility index (Phi) is 4.70. The Bertz CT molecular complexity index is 526. The monoisotopic (exact) mass is 292 g/mol. The minimum absolute atomic E-state index is 0.0349. The Hall–Kier alpha value is -1.78. The average Bonchev–Trinajstić information content (AvgIpc) is 2.77. The number of hydrogen-bond donors (Lipinski definition) is 1. The first-order valence-corrected chi connectivity index (χ1v) is 7.55. The van der Waals surface area contributed by atoms with Crippen molar-refractivity contribution in [3.63, 3.8) is 0 Å². The number of aryl methyl sites for hydroxylation is 2. The molecule has 0 aliphatic carbocycles. The van der Waals surface area contributed by atoms with Crippen LogP contribution in [-0.4, -0.2) is 35.8 Å². The number of furan rings is 1. The number of carbonyl (C=O) groups is 2.